The number of nitrogens with zero attached hydrogens (tertiary/aromatic N) is 8. The number of hydrogen-bond acceptors (Lipinski definition) is 20. The van der Waals surface area contributed by atoms with Crippen molar-refractivity contribution in [2.75, 3.05) is 30.6 Å². The number of hydrogen-bond donors (Lipinski definition) is 4. The summed E-state index contributed by atoms with van der Waals surface area (Å²) in [7, 11) is -5.15. The number of imidazole rings is 2. The van der Waals surface area contributed by atoms with Gasteiger partial charge in [-0.1, -0.05) is 0 Å². The average molecular weight is 791 g/mol. The number of alkyl halides is 1. The fourth-order valence-electron chi connectivity index (χ4n) is 5.61. The van der Waals surface area contributed by atoms with Gasteiger partial charge >= 0.3 is 20.6 Å². The van der Waals surface area contributed by atoms with Crippen LogP contribution in [0.25, 0.3) is 22.3 Å². The summed E-state index contributed by atoms with van der Waals surface area (Å²) < 4.78 is 86.2. The molecule has 0 spiro atoms. The van der Waals surface area contributed by atoms with Crippen molar-refractivity contribution in [3.05, 3.63) is 25.3 Å². The van der Waals surface area contributed by atoms with E-state index in [0.717, 1.165) is 12.7 Å². The topological polar surface area (TPSA) is 296 Å². The second-order valence-electron chi connectivity index (χ2n) is 12.8. The zero-order chi connectivity index (χ0) is 37.2. The lowest BCUT2D eigenvalue weighted by Gasteiger charge is -2.28. The predicted molar refractivity (Wildman–Crippen MR) is 175 cm³/mol. The Hall–Kier alpha value is -3.41. The Morgan fingerprint density at radius 1 is 0.923 bits per heavy atom. The van der Waals surface area contributed by atoms with Crippen molar-refractivity contribution >= 4 is 65.9 Å². The molecule has 7 rings (SSSR count). The minimum atomic E-state index is -5.15. The summed E-state index contributed by atoms with van der Waals surface area (Å²) in [5, 5.41) is 11.4. The number of anilines is 2. The number of phosphoric acid groups is 1. The second kappa shape index (κ2) is 13.8. The lowest BCUT2D eigenvalue weighted by molar-refractivity contribution is -0.150. The Labute approximate surface area is 296 Å². The van der Waals surface area contributed by atoms with Crippen LogP contribution in [0, 0.1) is 5.41 Å². The summed E-state index contributed by atoms with van der Waals surface area (Å²) in [6, 6.07) is 0. The molecular weight excluding hydrogens is 757 g/mol. The summed E-state index contributed by atoms with van der Waals surface area (Å²) in [5.41, 5.74) is 11.4. The molecule has 3 aliphatic heterocycles. The Morgan fingerprint density at radius 2 is 1.50 bits per heavy atom. The first-order chi connectivity index (χ1) is 24.6. The van der Waals surface area contributed by atoms with Crippen molar-refractivity contribution in [1.29, 1.82) is 0 Å². The molecule has 0 saturated carbocycles. The highest BCUT2D eigenvalue weighted by Crippen LogP contribution is 2.64. The number of rotatable bonds is 5. The molecule has 0 aromatic carbocycles. The fraction of sp³-hybridized carbons (Fsp3) is 0.577. The number of aromatic nitrogens is 8. The Kier molecular flexibility index (Phi) is 9.78. The van der Waals surface area contributed by atoms with Gasteiger partial charge in [0.1, 0.15) is 60.1 Å². The van der Waals surface area contributed by atoms with Crippen LogP contribution in [0.5, 0.6) is 0 Å². The van der Waals surface area contributed by atoms with E-state index in [1.165, 1.54) is 21.8 Å². The normalized spacial score (nSPS) is 34.4. The van der Waals surface area contributed by atoms with Gasteiger partial charge in [-0.05, 0) is 20.8 Å². The van der Waals surface area contributed by atoms with Crippen molar-refractivity contribution in [3.63, 3.8) is 0 Å². The molecule has 0 aliphatic carbocycles. The van der Waals surface area contributed by atoms with E-state index in [1.54, 1.807) is 20.8 Å². The van der Waals surface area contributed by atoms with Crippen LogP contribution in [-0.4, -0.2) is 111 Å². The van der Waals surface area contributed by atoms with Crippen LogP contribution >= 0.6 is 26.0 Å². The quantitative estimate of drug-likeness (QED) is 0.127. The van der Waals surface area contributed by atoms with E-state index in [2.05, 4.69) is 29.9 Å². The lowest BCUT2D eigenvalue weighted by Crippen LogP contribution is -2.35. The summed E-state index contributed by atoms with van der Waals surface area (Å²) >= 11 is 0.441. The zero-order valence-corrected chi connectivity index (χ0v) is 30.0. The van der Waals surface area contributed by atoms with Gasteiger partial charge in [-0.3, -0.25) is 32.0 Å². The number of phosphoric ester groups is 1. The minimum absolute atomic E-state index is 0.00627. The summed E-state index contributed by atoms with van der Waals surface area (Å²) in [5.74, 6) is -1.14. The number of halogens is 1. The highest BCUT2D eigenvalue weighted by atomic mass is 32.7. The molecule has 3 saturated heterocycles. The largest absolute Gasteiger partial charge is 0.472 e. The predicted octanol–water partition coefficient (Wildman–Crippen LogP) is 1.63. The van der Waals surface area contributed by atoms with Gasteiger partial charge in [0.25, 0.3) is 0 Å². The number of esters is 1. The van der Waals surface area contributed by atoms with Crippen LogP contribution in [0.4, 0.5) is 16.0 Å². The second-order valence-corrected chi connectivity index (χ2v) is 18.2. The monoisotopic (exact) mass is 790 g/mol. The molecule has 2 bridgehead atoms. The molecule has 0 radical (unpaired) electrons. The molecule has 4 unspecified atom stereocenters. The van der Waals surface area contributed by atoms with Crippen LogP contribution in [0.2, 0.25) is 0 Å². The van der Waals surface area contributed by atoms with E-state index in [9.17, 15) is 23.9 Å². The van der Waals surface area contributed by atoms with E-state index >= 15 is 4.39 Å². The molecule has 26 heteroatoms. The third-order valence-electron chi connectivity index (χ3n) is 8.22. The number of fused-ring (bicyclic) bond motifs is 5. The third kappa shape index (κ3) is 7.00. The molecule has 52 heavy (non-hydrogen) atoms. The number of ether oxygens (including phenoxy) is 3. The lowest BCUT2D eigenvalue weighted by atomic mass is 9.98. The van der Waals surface area contributed by atoms with Crippen LogP contribution in [-0.2, 0) is 46.2 Å². The maximum absolute atomic E-state index is 16.3. The first kappa shape index (κ1) is 36.9. The highest BCUT2D eigenvalue weighted by Gasteiger charge is 2.55. The molecule has 22 nitrogen and oxygen atoms in total. The van der Waals surface area contributed by atoms with E-state index in [0.29, 0.717) is 11.4 Å². The van der Waals surface area contributed by atoms with Gasteiger partial charge in [-0.25, -0.2) is 43.4 Å². The van der Waals surface area contributed by atoms with Crippen LogP contribution in [0.3, 0.4) is 0 Å². The van der Waals surface area contributed by atoms with Crippen LogP contribution in [0.15, 0.2) is 25.3 Å². The Morgan fingerprint density at radius 3 is 2.12 bits per heavy atom. The van der Waals surface area contributed by atoms with E-state index in [1.807, 2.05) is 0 Å². The molecule has 3 fully saturated rings. The van der Waals surface area contributed by atoms with Crippen molar-refractivity contribution in [1.82, 2.24) is 39.0 Å². The van der Waals surface area contributed by atoms with Gasteiger partial charge in [-0.2, -0.15) is 0 Å². The van der Waals surface area contributed by atoms with Crippen molar-refractivity contribution in [3.8, 4) is 0 Å². The molecule has 10 atom stereocenters. The minimum Gasteiger partial charge on any atom is -0.454 e. The van der Waals surface area contributed by atoms with Gasteiger partial charge < -0.3 is 35.7 Å². The summed E-state index contributed by atoms with van der Waals surface area (Å²) in [6.45, 7) is -1.31. The van der Waals surface area contributed by atoms with Crippen molar-refractivity contribution in [2.24, 2.45) is 5.41 Å². The van der Waals surface area contributed by atoms with E-state index < -0.39 is 94.3 Å². The standard InChI is InChI=1S/C26H33FN10O12P2S/c1-26(2,3)25(39)43-10-52-51(42)45-5-12-17(13(27)23(47-12)36-8-34-14-19(28)30-6-32-21(14)36)48-50(40,41)44-4-11-16(38)18(49-51)24(46-11)37-9-35-15-20(29)31-7-33-22(15)37/h6-9,11-13,16-18,23-24,38H,4-5,10H2,1-3H3,(H,40,41)(H2,28,30,32)(H2,29,31,33)/t11-,12-,13?,16?,17+,18+,23-,24-,51?/m1/s1. The molecule has 6 N–H and O–H groups in total. The van der Waals surface area contributed by atoms with Gasteiger partial charge in [0.05, 0.1) is 31.3 Å². The van der Waals surface area contributed by atoms with Crippen LogP contribution < -0.4 is 11.5 Å². The Bertz CT molecular complexity index is 2090. The SMILES string of the molecule is CC(C)(C)C(=O)OCSP1(=O)OC[C@H]2O[C@@H](n3cnc4c(N)ncnc43)C(F)[C@H]2OP(=O)(O)OC[C@H]2O[C@@H](n3cnc4c(N)ncnc43)[C@@H](O1)C2O. The molecule has 4 aromatic rings. The number of aliphatic hydroxyl groups is 1. The first-order valence-corrected chi connectivity index (χ1v) is 20.1. The Balaban J connectivity index is 1.23. The fourth-order valence-corrected chi connectivity index (χ4v) is 9.34. The van der Waals surface area contributed by atoms with Gasteiger partial charge in [0, 0.05) is 11.4 Å². The smallest absolute Gasteiger partial charge is 0.454 e. The van der Waals surface area contributed by atoms with E-state index in [4.69, 9.17) is 43.8 Å². The first-order valence-electron chi connectivity index (χ1n) is 15.4. The van der Waals surface area contributed by atoms with Gasteiger partial charge in [0.15, 0.2) is 41.6 Å². The van der Waals surface area contributed by atoms with Crippen molar-refractivity contribution in [2.45, 2.75) is 69.9 Å². The van der Waals surface area contributed by atoms with Gasteiger partial charge in [-0.15, -0.1) is 0 Å². The molecule has 0 amide bonds. The summed E-state index contributed by atoms with van der Waals surface area (Å²) in [6.07, 6.45) is -8.49. The third-order valence-corrected chi connectivity index (χ3v) is 12.6. The molecular formula is C26H33FN10O12P2S. The molecule has 4 aromatic heterocycles. The van der Waals surface area contributed by atoms with Crippen molar-refractivity contribution < 1.29 is 60.6 Å². The highest BCUT2D eigenvalue weighted by molar-refractivity contribution is 8.55. The maximum Gasteiger partial charge on any atom is 0.472 e. The number of aliphatic hydroxyl groups excluding tert-OH is 1. The molecule has 7 heterocycles. The van der Waals surface area contributed by atoms with E-state index in [-0.39, 0.29) is 34.0 Å². The zero-order valence-electron chi connectivity index (χ0n) is 27.4. The maximum atomic E-state index is 16.3. The average Bonchev–Trinajstić information content (AvgIpc) is 3.84. The number of nitrogen functional groups attached to an aromatic ring is 2. The summed E-state index contributed by atoms with van der Waals surface area (Å²) in [4.78, 5) is 47.6. The number of carbonyl (C=O) groups is 1. The van der Waals surface area contributed by atoms with Crippen LogP contribution in [0.1, 0.15) is 33.2 Å². The molecule has 3 aliphatic rings. The van der Waals surface area contributed by atoms with Gasteiger partial charge in [0.2, 0.25) is 0 Å². The number of nitrogens with two attached hydrogens (primary N) is 2. The number of carbonyl (C=O) groups excluding carboxylic acids is 1. The molecule has 282 valence electrons.